The Hall–Kier alpha value is -0.0500. The molecule has 1 nitrogen and oxygen atoms in total. The van der Waals surface area contributed by atoms with Crippen molar-refractivity contribution < 1.29 is 4.39 Å². The van der Waals surface area contributed by atoms with Gasteiger partial charge in [0.25, 0.3) is 0 Å². The minimum atomic E-state index is -0.389. The summed E-state index contributed by atoms with van der Waals surface area (Å²) in [6, 6.07) is -0.218. The van der Waals surface area contributed by atoms with Crippen molar-refractivity contribution in [2.24, 2.45) is 4.99 Å². The van der Waals surface area contributed by atoms with E-state index in [1.165, 1.54) is 11.8 Å². The normalized spacial score (nSPS) is 29.0. The van der Waals surface area contributed by atoms with Gasteiger partial charge in [-0.15, -0.1) is 0 Å². The zero-order chi connectivity index (χ0) is 5.11. The topological polar surface area (TPSA) is 12.4 Å². The van der Waals surface area contributed by atoms with E-state index in [9.17, 15) is 4.39 Å². The van der Waals surface area contributed by atoms with Crippen LogP contribution in [-0.4, -0.2) is 18.3 Å². The van der Waals surface area contributed by atoms with Crippen molar-refractivity contribution in [1.29, 1.82) is 0 Å². The summed E-state index contributed by atoms with van der Waals surface area (Å²) in [5.74, 6) is 1.72. The van der Waals surface area contributed by atoms with E-state index >= 15 is 0 Å². The third-order valence-corrected chi connectivity index (χ3v) is 1.32. The molecule has 3 heteroatoms. The molecule has 0 aromatic heterocycles. The molecule has 2 radical (unpaired) electrons. The molecule has 7 heavy (non-hydrogen) atoms. The average Bonchev–Trinajstić information content (AvgIpc) is 2.14. The molecule has 0 fully saturated rings. The molecule has 0 aliphatic carbocycles. The van der Waals surface area contributed by atoms with Gasteiger partial charge in [-0.25, -0.2) is 4.39 Å². The van der Waals surface area contributed by atoms with Crippen LogP contribution in [0.1, 0.15) is 0 Å². The first-order valence-electron chi connectivity index (χ1n) is 1.93. The highest BCUT2D eigenvalue weighted by molar-refractivity contribution is 8.14. The molecular weight excluding hydrogens is 113 g/mol. The highest BCUT2D eigenvalue weighted by Crippen LogP contribution is 2.16. The Bertz CT molecular complexity index is 83.8. The van der Waals surface area contributed by atoms with Crippen LogP contribution in [-0.2, 0) is 0 Å². The molecule has 0 amide bonds. The first-order valence-corrected chi connectivity index (χ1v) is 2.81. The maximum absolute atomic E-state index is 11.5. The van der Waals surface area contributed by atoms with E-state index < -0.39 is 0 Å². The van der Waals surface area contributed by atoms with Gasteiger partial charge in [0.15, 0.2) is 0 Å². The lowest BCUT2D eigenvalue weighted by Crippen LogP contribution is -1.99. The fraction of sp³-hybridized carbons (Fsp3) is 0.500. The van der Waals surface area contributed by atoms with Gasteiger partial charge in [0, 0.05) is 0 Å². The van der Waals surface area contributed by atoms with E-state index in [2.05, 4.69) is 10.5 Å². The predicted molar refractivity (Wildman–Crippen MR) is 29.1 cm³/mol. The van der Waals surface area contributed by atoms with Gasteiger partial charge in [-0.05, 0) is 0 Å². The second-order valence-corrected chi connectivity index (χ2v) is 1.89. The summed E-state index contributed by atoms with van der Waals surface area (Å²) >= 11 is 1.33. The van der Waals surface area contributed by atoms with Gasteiger partial charge in [0.1, 0.15) is 12.2 Å². The molecule has 1 atom stereocenters. The first kappa shape index (κ1) is 5.09. The van der Waals surface area contributed by atoms with Gasteiger partial charge in [-0.2, -0.15) is 0 Å². The minimum absolute atomic E-state index is 0.218. The van der Waals surface area contributed by atoms with Crippen molar-refractivity contribution in [3.8, 4) is 0 Å². The molecular formula is C4H4FNS. The standard InChI is InChI=1S/C4H4FNS/c5-1-4-2-7-3-6-4/h2,4H,1H2. The van der Waals surface area contributed by atoms with Crippen molar-refractivity contribution in [2.45, 2.75) is 6.04 Å². The number of aliphatic imine (C=N–C) groups is 1. The van der Waals surface area contributed by atoms with Gasteiger partial charge >= 0.3 is 0 Å². The minimum Gasteiger partial charge on any atom is -0.268 e. The van der Waals surface area contributed by atoms with Crippen LogP contribution in [0.4, 0.5) is 4.39 Å². The zero-order valence-corrected chi connectivity index (χ0v) is 4.41. The molecule has 0 spiro atoms. The number of hydrogen-bond donors (Lipinski definition) is 0. The summed E-state index contributed by atoms with van der Waals surface area (Å²) in [6.07, 6.45) is 0. The predicted octanol–water partition coefficient (Wildman–Crippen LogP) is 1.14. The number of nitrogens with zero attached hydrogens (tertiary/aromatic N) is 1. The molecule has 0 saturated heterocycles. The Morgan fingerprint density at radius 1 is 2.00 bits per heavy atom. The lowest BCUT2D eigenvalue weighted by molar-refractivity contribution is 0.464. The van der Waals surface area contributed by atoms with E-state index in [0.717, 1.165) is 0 Å². The van der Waals surface area contributed by atoms with Crippen molar-refractivity contribution in [2.75, 3.05) is 6.67 Å². The van der Waals surface area contributed by atoms with Crippen LogP contribution in [0.5, 0.6) is 0 Å². The van der Waals surface area contributed by atoms with E-state index in [1.54, 1.807) is 5.75 Å². The lowest BCUT2D eigenvalue weighted by atomic mass is 10.4. The number of thioether (sulfide) groups is 1. The van der Waals surface area contributed by atoms with Gasteiger partial charge < -0.3 is 0 Å². The van der Waals surface area contributed by atoms with Crippen molar-refractivity contribution >= 4 is 17.3 Å². The highest BCUT2D eigenvalue weighted by Gasteiger charge is 2.09. The zero-order valence-electron chi connectivity index (χ0n) is 3.60. The van der Waals surface area contributed by atoms with Crippen molar-refractivity contribution in [3.05, 3.63) is 5.75 Å². The average molecular weight is 117 g/mol. The van der Waals surface area contributed by atoms with Crippen LogP contribution in [0.2, 0.25) is 0 Å². The molecule has 1 unspecified atom stereocenters. The molecule has 1 aliphatic heterocycles. The third-order valence-electron chi connectivity index (χ3n) is 0.654. The first-order chi connectivity index (χ1) is 3.43. The second-order valence-electron chi connectivity index (χ2n) is 1.20. The van der Waals surface area contributed by atoms with Crippen LogP contribution in [0.15, 0.2) is 4.99 Å². The summed E-state index contributed by atoms with van der Waals surface area (Å²) in [6.45, 7) is -0.389. The Labute approximate surface area is 46.0 Å². The molecule has 0 aromatic carbocycles. The maximum Gasteiger partial charge on any atom is 0.123 e. The van der Waals surface area contributed by atoms with Crippen LogP contribution in [0.3, 0.4) is 0 Å². The van der Waals surface area contributed by atoms with Gasteiger partial charge in [-0.3, -0.25) is 4.99 Å². The smallest absolute Gasteiger partial charge is 0.123 e. The number of rotatable bonds is 1. The SMILES string of the molecule is FCC1[CH]S[C]=N1. The third kappa shape index (κ3) is 1.16. The summed E-state index contributed by atoms with van der Waals surface area (Å²) < 4.78 is 11.5. The largest absolute Gasteiger partial charge is 0.268 e. The molecule has 1 rings (SSSR count). The summed E-state index contributed by atoms with van der Waals surface area (Å²) in [5, 5.41) is 0. The van der Waals surface area contributed by atoms with Crippen molar-refractivity contribution in [3.63, 3.8) is 0 Å². The number of hydrogen-bond acceptors (Lipinski definition) is 2. The van der Waals surface area contributed by atoms with Gasteiger partial charge in [-0.1, -0.05) is 11.8 Å². The summed E-state index contributed by atoms with van der Waals surface area (Å²) in [5.41, 5.74) is 2.57. The fourth-order valence-electron chi connectivity index (χ4n) is 0.308. The molecule has 1 aliphatic rings. The van der Waals surface area contributed by atoms with E-state index in [0.29, 0.717) is 0 Å². The monoisotopic (exact) mass is 117 g/mol. The van der Waals surface area contributed by atoms with Crippen molar-refractivity contribution in [1.82, 2.24) is 0 Å². The fourth-order valence-corrected chi connectivity index (χ4v) is 0.856. The quantitative estimate of drug-likeness (QED) is 0.501. The van der Waals surface area contributed by atoms with Crippen LogP contribution in [0, 0.1) is 5.75 Å². The Morgan fingerprint density at radius 2 is 2.86 bits per heavy atom. The molecule has 38 valence electrons. The Kier molecular flexibility index (Phi) is 1.68. The number of alkyl halides is 1. The van der Waals surface area contributed by atoms with E-state index in [4.69, 9.17) is 0 Å². The maximum atomic E-state index is 11.5. The summed E-state index contributed by atoms with van der Waals surface area (Å²) in [4.78, 5) is 3.64. The summed E-state index contributed by atoms with van der Waals surface area (Å²) in [7, 11) is 0. The Balaban J connectivity index is 2.28. The van der Waals surface area contributed by atoms with Gasteiger partial charge in [0.2, 0.25) is 0 Å². The molecule has 0 N–H and O–H groups in total. The van der Waals surface area contributed by atoms with E-state index in [-0.39, 0.29) is 12.7 Å². The van der Waals surface area contributed by atoms with E-state index in [1.807, 2.05) is 0 Å². The van der Waals surface area contributed by atoms with Crippen LogP contribution >= 0.6 is 11.8 Å². The van der Waals surface area contributed by atoms with Gasteiger partial charge in [0.05, 0.1) is 11.8 Å². The lowest BCUT2D eigenvalue weighted by Gasteiger charge is -1.92. The van der Waals surface area contributed by atoms with Crippen LogP contribution in [0.25, 0.3) is 0 Å². The van der Waals surface area contributed by atoms with Crippen LogP contribution < -0.4 is 0 Å². The highest BCUT2D eigenvalue weighted by atomic mass is 32.2. The molecule has 0 saturated carbocycles. The second kappa shape index (κ2) is 2.31. The molecule has 0 aromatic rings. The molecule has 1 heterocycles. The molecule has 0 bridgehead atoms. The Morgan fingerprint density at radius 3 is 3.14 bits per heavy atom. The number of halogens is 1.